The third kappa shape index (κ3) is 3.79. The normalized spacial score (nSPS) is 16.9. The molecule has 6 nitrogen and oxygen atoms in total. The Kier molecular flexibility index (Phi) is 5.42. The van der Waals surface area contributed by atoms with Gasteiger partial charge in [-0.1, -0.05) is 0 Å². The number of carbonyl (C=O) groups excluding carboxylic acids is 3. The van der Waals surface area contributed by atoms with Crippen molar-refractivity contribution < 1.29 is 23.9 Å². The number of rotatable bonds is 5. The predicted octanol–water partition coefficient (Wildman–Crippen LogP) is 2.95. The number of amides is 1. The number of hydrogen-bond donors (Lipinski definition) is 0. The number of carbonyl (C=O) groups is 3. The van der Waals surface area contributed by atoms with Crippen LogP contribution >= 0.6 is 11.6 Å². The molecule has 0 saturated carbocycles. The van der Waals surface area contributed by atoms with E-state index in [0.29, 0.717) is 17.0 Å². The average Bonchev–Trinajstić information content (AvgIpc) is 2.53. The Morgan fingerprint density at radius 2 is 1.92 bits per heavy atom. The Morgan fingerprint density at radius 3 is 2.48 bits per heavy atom. The van der Waals surface area contributed by atoms with Crippen molar-refractivity contribution >= 4 is 34.9 Å². The quantitative estimate of drug-likeness (QED) is 0.454. The Balaban J connectivity index is 2.52. The van der Waals surface area contributed by atoms with Gasteiger partial charge in [0.2, 0.25) is 0 Å². The molecule has 0 radical (unpaired) electrons. The Hall–Kier alpha value is -2.08. The standard InChI is InChI=1S/C18H22ClNO5/c1-10(2)24-16(22)11(3)20-13-8-12(14(21)9-19)6-7-15(13)25-18(4,5)17(20)23/h6-8,10-11H,9H2,1-5H3. The molecule has 7 heteroatoms. The molecule has 1 aliphatic heterocycles. The highest BCUT2D eigenvalue weighted by Crippen LogP contribution is 2.39. The van der Waals surface area contributed by atoms with Crippen LogP contribution in [0, 0.1) is 0 Å². The first kappa shape index (κ1) is 19.2. The third-order valence-electron chi connectivity index (χ3n) is 3.84. The zero-order chi connectivity index (χ0) is 18.9. The van der Waals surface area contributed by atoms with Crippen molar-refractivity contribution in [3.8, 4) is 5.75 Å². The number of nitrogens with zero attached hydrogens (tertiary/aromatic N) is 1. The molecule has 1 aromatic carbocycles. The number of alkyl halides is 1. The highest BCUT2D eigenvalue weighted by molar-refractivity contribution is 6.30. The van der Waals surface area contributed by atoms with Gasteiger partial charge in [-0.3, -0.25) is 14.5 Å². The van der Waals surface area contributed by atoms with Crippen LogP contribution in [0.25, 0.3) is 0 Å². The smallest absolute Gasteiger partial charge is 0.329 e. The Morgan fingerprint density at radius 1 is 1.28 bits per heavy atom. The SMILES string of the molecule is CC(C)OC(=O)C(C)N1C(=O)C(C)(C)Oc2ccc(C(=O)CCl)cc21. The fourth-order valence-electron chi connectivity index (χ4n) is 2.58. The molecule has 0 N–H and O–H groups in total. The summed E-state index contributed by atoms with van der Waals surface area (Å²) in [6.45, 7) is 8.32. The van der Waals surface area contributed by atoms with Crippen molar-refractivity contribution in [2.24, 2.45) is 0 Å². The number of fused-ring (bicyclic) bond motifs is 1. The topological polar surface area (TPSA) is 72.9 Å². The van der Waals surface area contributed by atoms with Crippen LogP contribution in [-0.2, 0) is 14.3 Å². The van der Waals surface area contributed by atoms with Gasteiger partial charge in [-0.2, -0.15) is 0 Å². The van der Waals surface area contributed by atoms with Gasteiger partial charge in [-0.05, 0) is 52.8 Å². The summed E-state index contributed by atoms with van der Waals surface area (Å²) in [6.07, 6.45) is -0.303. The maximum Gasteiger partial charge on any atom is 0.329 e. The van der Waals surface area contributed by atoms with E-state index in [2.05, 4.69) is 0 Å². The van der Waals surface area contributed by atoms with Gasteiger partial charge in [0.1, 0.15) is 11.8 Å². The molecule has 0 aliphatic carbocycles. The number of hydrogen-bond acceptors (Lipinski definition) is 5. The van der Waals surface area contributed by atoms with Crippen molar-refractivity contribution in [3.05, 3.63) is 23.8 Å². The van der Waals surface area contributed by atoms with Gasteiger partial charge in [0.05, 0.1) is 17.7 Å². The van der Waals surface area contributed by atoms with E-state index in [4.69, 9.17) is 21.1 Å². The summed E-state index contributed by atoms with van der Waals surface area (Å²) >= 11 is 5.61. The monoisotopic (exact) mass is 367 g/mol. The minimum Gasteiger partial charge on any atom is -0.476 e. The van der Waals surface area contributed by atoms with Gasteiger partial charge in [0.25, 0.3) is 5.91 Å². The van der Waals surface area contributed by atoms with Crippen molar-refractivity contribution in [2.45, 2.75) is 52.4 Å². The number of esters is 1. The van der Waals surface area contributed by atoms with E-state index in [0.717, 1.165) is 0 Å². The lowest BCUT2D eigenvalue weighted by Gasteiger charge is -2.41. The van der Waals surface area contributed by atoms with Crippen LogP contribution in [0.4, 0.5) is 5.69 Å². The van der Waals surface area contributed by atoms with Crippen LogP contribution in [0.5, 0.6) is 5.75 Å². The molecule has 0 saturated heterocycles. The number of ether oxygens (including phenoxy) is 2. The van der Waals surface area contributed by atoms with Gasteiger partial charge in [0, 0.05) is 5.56 Å². The maximum atomic E-state index is 12.9. The first-order valence-electron chi connectivity index (χ1n) is 8.05. The molecule has 1 amide bonds. The third-order valence-corrected chi connectivity index (χ3v) is 4.08. The maximum absolute atomic E-state index is 12.9. The van der Waals surface area contributed by atoms with Gasteiger partial charge < -0.3 is 9.47 Å². The Bertz CT molecular complexity index is 713. The lowest BCUT2D eigenvalue weighted by molar-refractivity contribution is -0.151. The van der Waals surface area contributed by atoms with E-state index in [1.54, 1.807) is 46.8 Å². The van der Waals surface area contributed by atoms with E-state index >= 15 is 0 Å². The summed E-state index contributed by atoms with van der Waals surface area (Å²) in [5.41, 5.74) is -0.440. The molecule has 1 heterocycles. The van der Waals surface area contributed by atoms with Gasteiger partial charge in [-0.25, -0.2) is 4.79 Å². The molecule has 1 unspecified atom stereocenters. The molecule has 1 atom stereocenters. The van der Waals surface area contributed by atoms with Crippen LogP contribution < -0.4 is 9.64 Å². The highest BCUT2D eigenvalue weighted by atomic mass is 35.5. The molecular formula is C18H22ClNO5. The van der Waals surface area contributed by atoms with Gasteiger partial charge >= 0.3 is 5.97 Å². The van der Waals surface area contributed by atoms with E-state index in [1.165, 1.54) is 11.0 Å². The summed E-state index contributed by atoms with van der Waals surface area (Å²) in [6, 6.07) is 3.85. The molecular weight excluding hydrogens is 346 g/mol. The molecule has 2 rings (SSSR count). The van der Waals surface area contributed by atoms with E-state index in [9.17, 15) is 14.4 Å². The Labute approximate surface area is 152 Å². The van der Waals surface area contributed by atoms with Crippen LogP contribution in [0.15, 0.2) is 18.2 Å². The molecule has 0 spiro atoms. The summed E-state index contributed by atoms with van der Waals surface area (Å²) in [7, 11) is 0. The zero-order valence-corrected chi connectivity index (χ0v) is 15.7. The lowest BCUT2D eigenvalue weighted by Crippen LogP contribution is -2.57. The predicted molar refractivity (Wildman–Crippen MR) is 94.4 cm³/mol. The van der Waals surface area contributed by atoms with Crippen molar-refractivity contribution in [2.75, 3.05) is 10.8 Å². The van der Waals surface area contributed by atoms with Crippen molar-refractivity contribution in [1.29, 1.82) is 0 Å². The summed E-state index contributed by atoms with van der Waals surface area (Å²) in [5.74, 6) is -0.951. The first-order valence-corrected chi connectivity index (χ1v) is 8.58. The molecule has 25 heavy (non-hydrogen) atoms. The molecule has 0 fully saturated rings. The summed E-state index contributed by atoms with van der Waals surface area (Å²) in [5, 5.41) is 0. The largest absolute Gasteiger partial charge is 0.476 e. The lowest BCUT2D eigenvalue weighted by atomic mass is 10.00. The minimum atomic E-state index is -1.14. The molecule has 1 aromatic rings. The number of benzene rings is 1. The molecule has 1 aliphatic rings. The molecule has 0 bridgehead atoms. The molecule has 0 aromatic heterocycles. The van der Waals surface area contributed by atoms with Gasteiger partial charge in [-0.15, -0.1) is 11.6 Å². The summed E-state index contributed by atoms with van der Waals surface area (Å²) in [4.78, 5) is 38.4. The second-order valence-electron chi connectivity index (χ2n) is 6.69. The van der Waals surface area contributed by atoms with Crippen LogP contribution in [0.2, 0.25) is 0 Å². The van der Waals surface area contributed by atoms with Crippen LogP contribution in [0.3, 0.4) is 0 Å². The highest BCUT2D eigenvalue weighted by Gasteiger charge is 2.45. The minimum absolute atomic E-state index is 0.177. The molecule has 136 valence electrons. The zero-order valence-electron chi connectivity index (χ0n) is 15.0. The second-order valence-corrected chi connectivity index (χ2v) is 6.96. The van der Waals surface area contributed by atoms with Gasteiger partial charge in [0.15, 0.2) is 11.4 Å². The van der Waals surface area contributed by atoms with E-state index in [-0.39, 0.29) is 23.7 Å². The number of ketones is 1. The fraction of sp³-hybridized carbons (Fsp3) is 0.500. The average molecular weight is 368 g/mol. The number of anilines is 1. The van der Waals surface area contributed by atoms with Crippen molar-refractivity contribution in [1.82, 2.24) is 0 Å². The summed E-state index contributed by atoms with van der Waals surface area (Å²) < 4.78 is 11.0. The van der Waals surface area contributed by atoms with E-state index < -0.39 is 17.6 Å². The fourth-order valence-corrected chi connectivity index (χ4v) is 2.74. The number of Topliss-reactive ketones (excluding diaryl/α,β-unsaturated/α-hetero) is 1. The van der Waals surface area contributed by atoms with E-state index in [1.807, 2.05) is 0 Å². The van der Waals surface area contributed by atoms with Crippen LogP contribution in [-0.4, -0.2) is 41.3 Å². The first-order chi connectivity index (χ1) is 11.6. The van der Waals surface area contributed by atoms with Crippen LogP contribution in [0.1, 0.15) is 45.0 Å². The second kappa shape index (κ2) is 7.04. The van der Waals surface area contributed by atoms with Crippen molar-refractivity contribution in [3.63, 3.8) is 0 Å². The number of halogens is 1.